The van der Waals surface area contributed by atoms with Crippen LogP contribution >= 0.6 is 15.9 Å². The Labute approximate surface area is 162 Å². The van der Waals surface area contributed by atoms with E-state index in [9.17, 15) is 9.59 Å². The Hall–Kier alpha value is -2.34. The topological polar surface area (TPSA) is 67.4 Å². The van der Waals surface area contributed by atoms with Gasteiger partial charge in [0.1, 0.15) is 5.75 Å². The summed E-state index contributed by atoms with van der Waals surface area (Å²) in [4.78, 5) is 24.0. The number of aryl methyl sites for hydroxylation is 1. The van der Waals surface area contributed by atoms with Crippen LogP contribution in [0.4, 0.5) is 11.4 Å². The van der Waals surface area contributed by atoms with Crippen LogP contribution in [-0.4, -0.2) is 18.4 Å². The number of para-hydroxylation sites is 2. The second-order valence-electron chi connectivity index (χ2n) is 5.80. The largest absolute Gasteiger partial charge is 0.483 e. The molecule has 0 aliphatic rings. The monoisotopic (exact) mass is 418 g/mol. The molecule has 0 saturated heterocycles. The predicted octanol–water partition coefficient (Wildman–Crippen LogP) is 4.77. The first kappa shape index (κ1) is 20.0. The van der Waals surface area contributed by atoms with Crippen molar-refractivity contribution in [3.05, 3.63) is 52.5 Å². The number of carbonyl (C=O) groups is 2. The van der Waals surface area contributed by atoms with Gasteiger partial charge in [0, 0.05) is 6.42 Å². The van der Waals surface area contributed by atoms with E-state index in [0.29, 0.717) is 23.5 Å². The van der Waals surface area contributed by atoms with Crippen LogP contribution in [0.15, 0.2) is 46.9 Å². The van der Waals surface area contributed by atoms with Crippen molar-refractivity contribution in [1.29, 1.82) is 0 Å². The number of nitrogens with one attached hydrogen (secondary N) is 2. The lowest BCUT2D eigenvalue weighted by atomic mass is 10.2. The van der Waals surface area contributed by atoms with Crippen LogP contribution < -0.4 is 15.4 Å². The summed E-state index contributed by atoms with van der Waals surface area (Å²) in [5, 5.41) is 5.59. The van der Waals surface area contributed by atoms with E-state index in [2.05, 4.69) is 33.5 Å². The Morgan fingerprint density at radius 3 is 2.23 bits per heavy atom. The van der Waals surface area contributed by atoms with Gasteiger partial charge in [-0.25, -0.2) is 0 Å². The highest BCUT2D eigenvalue weighted by atomic mass is 79.9. The maximum Gasteiger partial charge on any atom is 0.262 e. The molecule has 0 aliphatic carbocycles. The van der Waals surface area contributed by atoms with Crippen LogP contribution in [0.5, 0.6) is 5.75 Å². The van der Waals surface area contributed by atoms with Crippen molar-refractivity contribution in [2.45, 2.75) is 33.1 Å². The lowest BCUT2D eigenvalue weighted by Gasteiger charge is -2.13. The summed E-state index contributed by atoms with van der Waals surface area (Å²) in [7, 11) is 0. The third-order valence-electron chi connectivity index (χ3n) is 3.72. The summed E-state index contributed by atoms with van der Waals surface area (Å²) in [5.41, 5.74) is 2.31. The second-order valence-corrected chi connectivity index (χ2v) is 6.65. The highest BCUT2D eigenvalue weighted by Gasteiger charge is 2.10. The van der Waals surface area contributed by atoms with Crippen LogP contribution in [0.2, 0.25) is 0 Å². The first-order valence-electron chi connectivity index (χ1n) is 8.63. The SMILES string of the molecule is CCCC(=O)Nc1ccccc1NC(=O)COc1ccc(CC)cc1Br. The molecular weight excluding hydrogens is 396 g/mol. The van der Waals surface area contributed by atoms with Crippen molar-refractivity contribution in [3.63, 3.8) is 0 Å². The Kier molecular flexibility index (Phi) is 7.66. The van der Waals surface area contributed by atoms with E-state index in [-0.39, 0.29) is 18.4 Å². The fourth-order valence-corrected chi connectivity index (χ4v) is 2.89. The van der Waals surface area contributed by atoms with Crippen molar-refractivity contribution in [3.8, 4) is 5.75 Å². The molecule has 0 fully saturated rings. The number of benzene rings is 2. The molecule has 0 spiro atoms. The molecule has 2 amide bonds. The number of anilines is 2. The average molecular weight is 419 g/mol. The zero-order valence-corrected chi connectivity index (χ0v) is 16.6. The second kappa shape index (κ2) is 9.97. The van der Waals surface area contributed by atoms with E-state index in [1.165, 1.54) is 5.56 Å². The third-order valence-corrected chi connectivity index (χ3v) is 4.34. The van der Waals surface area contributed by atoms with Gasteiger partial charge in [-0.15, -0.1) is 0 Å². The number of ether oxygens (including phenoxy) is 1. The minimum atomic E-state index is -0.298. The molecular formula is C20H23BrN2O3. The fraction of sp³-hybridized carbons (Fsp3) is 0.300. The smallest absolute Gasteiger partial charge is 0.262 e. The van der Waals surface area contributed by atoms with E-state index in [1.54, 1.807) is 24.3 Å². The zero-order valence-electron chi connectivity index (χ0n) is 15.0. The van der Waals surface area contributed by atoms with Gasteiger partial charge in [-0.3, -0.25) is 9.59 Å². The fourth-order valence-electron chi connectivity index (χ4n) is 2.35. The van der Waals surface area contributed by atoms with E-state index in [1.807, 2.05) is 25.1 Å². The number of amides is 2. The van der Waals surface area contributed by atoms with Gasteiger partial charge in [0.2, 0.25) is 5.91 Å². The lowest BCUT2D eigenvalue weighted by molar-refractivity contribution is -0.118. The number of rotatable bonds is 8. The van der Waals surface area contributed by atoms with Crippen molar-refractivity contribution in [1.82, 2.24) is 0 Å². The molecule has 0 saturated carbocycles. The molecule has 26 heavy (non-hydrogen) atoms. The van der Waals surface area contributed by atoms with E-state index in [4.69, 9.17) is 4.74 Å². The van der Waals surface area contributed by atoms with Gasteiger partial charge in [0.25, 0.3) is 5.91 Å². The molecule has 0 atom stereocenters. The van der Waals surface area contributed by atoms with Gasteiger partial charge >= 0.3 is 0 Å². The Morgan fingerprint density at radius 1 is 1.00 bits per heavy atom. The predicted molar refractivity (Wildman–Crippen MR) is 108 cm³/mol. The highest BCUT2D eigenvalue weighted by Crippen LogP contribution is 2.26. The highest BCUT2D eigenvalue weighted by molar-refractivity contribution is 9.10. The minimum Gasteiger partial charge on any atom is -0.483 e. The average Bonchev–Trinajstić information content (AvgIpc) is 2.62. The maximum absolute atomic E-state index is 12.2. The molecule has 138 valence electrons. The quantitative estimate of drug-likeness (QED) is 0.648. The Balaban J connectivity index is 1.97. The van der Waals surface area contributed by atoms with Crippen LogP contribution in [0.1, 0.15) is 32.3 Å². The third kappa shape index (κ3) is 5.88. The summed E-state index contributed by atoms with van der Waals surface area (Å²) in [5.74, 6) is 0.237. The van der Waals surface area contributed by atoms with Gasteiger partial charge in [0.05, 0.1) is 15.8 Å². The molecule has 0 heterocycles. The van der Waals surface area contributed by atoms with E-state index >= 15 is 0 Å². The van der Waals surface area contributed by atoms with Gasteiger partial charge < -0.3 is 15.4 Å². The van der Waals surface area contributed by atoms with Gasteiger partial charge in [0.15, 0.2) is 6.61 Å². The van der Waals surface area contributed by atoms with Crippen molar-refractivity contribution >= 4 is 39.1 Å². The summed E-state index contributed by atoms with van der Waals surface area (Å²) in [6, 6.07) is 12.9. The summed E-state index contributed by atoms with van der Waals surface area (Å²) in [6.07, 6.45) is 2.13. The molecule has 2 rings (SSSR count). The van der Waals surface area contributed by atoms with Crippen LogP contribution in [0.3, 0.4) is 0 Å². The molecule has 0 radical (unpaired) electrons. The summed E-state index contributed by atoms with van der Waals surface area (Å²) >= 11 is 3.45. The first-order chi connectivity index (χ1) is 12.5. The van der Waals surface area contributed by atoms with E-state index in [0.717, 1.165) is 17.3 Å². The van der Waals surface area contributed by atoms with Crippen molar-refractivity contribution < 1.29 is 14.3 Å². The van der Waals surface area contributed by atoms with Crippen LogP contribution in [-0.2, 0) is 16.0 Å². The Bertz CT molecular complexity index is 777. The molecule has 0 unspecified atom stereocenters. The van der Waals surface area contributed by atoms with Crippen LogP contribution in [0, 0.1) is 0 Å². The van der Waals surface area contributed by atoms with Gasteiger partial charge in [-0.2, -0.15) is 0 Å². The molecule has 2 aromatic rings. The minimum absolute atomic E-state index is 0.0783. The summed E-state index contributed by atoms with van der Waals surface area (Å²) in [6.45, 7) is 3.89. The number of halogens is 1. The normalized spacial score (nSPS) is 10.3. The zero-order chi connectivity index (χ0) is 18.9. The molecule has 0 aromatic heterocycles. The van der Waals surface area contributed by atoms with Crippen molar-refractivity contribution in [2.24, 2.45) is 0 Å². The number of carbonyl (C=O) groups excluding carboxylic acids is 2. The number of hydrogen-bond donors (Lipinski definition) is 2. The number of hydrogen-bond acceptors (Lipinski definition) is 3. The van der Waals surface area contributed by atoms with Gasteiger partial charge in [-0.1, -0.05) is 32.0 Å². The van der Waals surface area contributed by atoms with Crippen molar-refractivity contribution in [2.75, 3.05) is 17.2 Å². The Morgan fingerprint density at radius 2 is 1.65 bits per heavy atom. The molecule has 0 bridgehead atoms. The maximum atomic E-state index is 12.2. The lowest BCUT2D eigenvalue weighted by Crippen LogP contribution is -2.21. The van der Waals surface area contributed by atoms with Crippen LogP contribution in [0.25, 0.3) is 0 Å². The van der Waals surface area contributed by atoms with E-state index < -0.39 is 0 Å². The first-order valence-corrected chi connectivity index (χ1v) is 9.42. The molecule has 2 aromatic carbocycles. The summed E-state index contributed by atoms with van der Waals surface area (Å²) < 4.78 is 6.40. The molecule has 0 aliphatic heterocycles. The molecule has 5 nitrogen and oxygen atoms in total. The molecule has 2 N–H and O–H groups in total. The van der Waals surface area contributed by atoms with Gasteiger partial charge in [-0.05, 0) is 58.6 Å². The molecule has 6 heteroatoms. The standard InChI is InChI=1S/C20H23BrN2O3/c1-3-7-19(24)22-16-8-5-6-9-17(16)23-20(25)13-26-18-11-10-14(4-2)12-15(18)21/h5-6,8-12H,3-4,7,13H2,1-2H3,(H,22,24)(H,23,25).